The Hall–Kier alpha value is -1.03. The van der Waals surface area contributed by atoms with Gasteiger partial charge in [0, 0.05) is 0 Å². The summed E-state index contributed by atoms with van der Waals surface area (Å²) in [4.78, 5) is 22.1. The molecule has 0 aromatic heterocycles. The molecule has 1 rings (SSSR count). The molecule has 158 valence electrons. The van der Waals surface area contributed by atoms with E-state index in [1.807, 2.05) is 58.0 Å². The molecule has 0 radical (unpaired) electrons. The van der Waals surface area contributed by atoms with Crippen molar-refractivity contribution in [2.75, 3.05) is 13.1 Å². The van der Waals surface area contributed by atoms with Crippen LogP contribution in [-0.4, -0.2) is 30.8 Å². The van der Waals surface area contributed by atoms with Crippen LogP contribution in [0.1, 0.15) is 59.9 Å². The summed E-state index contributed by atoms with van der Waals surface area (Å²) in [5.41, 5.74) is 13.7. The van der Waals surface area contributed by atoms with E-state index >= 15 is 0 Å². The van der Waals surface area contributed by atoms with Crippen LogP contribution >= 0.6 is 0 Å². The number of ketones is 1. The van der Waals surface area contributed by atoms with Crippen molar-refractivity contribution >= 4 is 11.7 Å². The fourth-order valence-corrected chi connectivity index (χ4v) is 1.48. The number of unbranched alkanes of at least 4 members (excludes halogenated alkanes) is 1. The van der Waals surface area contributed by atoms with Crippen LogP contribution in [0.4, 0.5) is 0 Å². The van der Waals surface area contributed by atoms with Gasteiger partial charge in [-0.3, -0.25) is 9.59 Å². The molecule has 1 amide bonds. The van der Waals surface area contributed by atoms with Gasteiger partial charge in [-0.25, -0.2) is 0 Å². The van der Waals surface area contributed by atoms with E-state index in [1.54, 1.807) is 0 Å². The monoisotopic (exact) mass is 551 g/mol. The van der Waals surface area contributed by atoms with E-state index in [-0.39, 0.29) is 40.8 Å². The quantitative estimate of drug-likeness (QED) is 0.485. The number of hydrogen-bond donors (Lipinski definition) is 2. The van der Waals surface area contributed by atoms with Gasteiger partial charge in [0.15, 0.2) is 0 Å². The molecule has 1 unspecified atom stereocenters. The summed E-state index contributed by atoms with van der Waals surface area (Å²) in [5, 5.41) is 2.43. The molecule has 0 bridgehead atoms. The minimum absolute atomic E-state index is 0. The Morgan fingerprint density at radius 3 is 1.93 bits per heavy atom. The van der Waals surface area contributed by atoms with Crippen LogP contribution in [0.5, 0.6) is 0 Å². The molecule has 0 saturated carbocycles. The van der Waals surface area contributed by atoms with E-state index in [2.05, 4.69) is 12.2 Å². The third-order valence-electron chi connectivity index (χ3n) is 2.67. The predicted octanol–water partition coefficient (Wildman–Crippen LogP) is 4.60. The standard InChI is InChI=1S/C12H15N2O2.C4H11N.2C2H6.CH3.W/c1-9(15)8-14-12(16)11(13)7-10-5-3-2-4-6-10;1-2-3-4-5;2*1-2;;/h2-6,11,13H,7-8H2,1H3,(H,14,16);2-5H2,1H3;2*1-2H3;1H3;/q-1;;;;-1;+2. The SMILES string of the molecule is CC.CC.CC(=O)CNC(=O)C([NH-])Cc1ccccc1.CCCCN.[CH3-].[W+2]. The van der Waals surface area contributed by atoms with Crippen LogP contribution in [0.15, 0.2) is 30.3 Å². The zero-order valence-corrected chi connectivity index (χ0v) is 21.2. The minimum Gasteiger partial charge on any atom is -0.667 e. The van der Waals surface area contributed by atoms with Gasteiger partial charge in [-0.2, -0.15) is 0 Å². The van der Waals surface area contributed by atoms with E-state index in [0.29, 0.717) is 6.42 Å². The number of amides is 1. The fourth-order valence-electron chi connectivity index (χ4n) is 1.48. The normalized spacial score (nSPS) is 9.04. The number of carbonyl (C=O) groups excluding carboxylic acids is 2. The molecular formula is C21H41N3O2W. The van der Waals surface area contributed by atoms with Crippen molar-refractivity contribution in [2.24, 2.45) is 5.73 Å². The number of nitrogens with two attached hydrogens (primary N) is 1. The van der Waals surface area contributed by atoms with Gasteiger partial charge < -0.3 is 24.2 Å². The maximum atomic E-state index is 11.4. The van der Waals surface area contributed by atoms with Gasteiger partial charge in [0.1, 0.15) is 5.78 Å². The summed E-state index contributed by atoms with van der Waals surface area (Å²) in [6, 6.07) is 8.52. The van der Waals surface area contributed by atoms with Gasteiger partial charge in [0.2, 0.25) is 5.91 Å². The van der Waals surface area contributed by atoms with Gasteiger partial charge in [0.05, 0.1) is 6.54 Å². The second-order valence-electron chi connectivity index (χ2n) is 4.80. The molecule has 0 aliphatic carbocycles. The number of rotatable bonds is 7. The van der Waals surface area contributed by atoms with Crippen molar-refractivity contribution in [2.45, 2.75) is 66.8 Å². The van der Waals surface area contributed by atoms with E-state index in [1.165, 1.54) is 19.8 Å². The number of hydrogen-bond acceptors (Lipinski definition) is 3. The molecule has 1 aromatic carbocycles. The fraction of sp³-hybridized carbons (Fsp3) is 0.571. The number of benzene rings is 1. The molecule has 1 aromatic rings. The largest absolute Gasteiger partial charge is 2.00 e. The number of Topliss-reactive ketones (excluding diaryl/α,β-unsaturated/α-hetero) is 1. The van der Waals surface area contributed by atoms with Crippen molar-refractivity contribution in [3.05, 3.63) is 49.1 Å². The Kier molecular flexibility index (Phi) is 40.5. The first-order valence-corrected chi connectivity index (χ1v) is 9.23. The molecule has 27 heavy (non-hydrogen) atoms. The Bertz CT molecular complexity index is 413. The van der Waals surface area contributed by atoms with Crippen molar-refractivity contribution in [3.63, 3.8) is 0 Å². The van der Waals surface area contributed by atoms with E-state index in [4.69, 9.17) is 11.5 Å². The van der Waals surface area contributed by atoms with Crippen molar-refractivity contribution in [3.8, 4) is 0 Å². The van der Waals surface area contributed by atoms with E-state index < -0.39 is 11.9 Å². The average Bonchev–Trinajstić information content (AvgIpc) is 2.65. The van der Waals surface area contributed by atoms with Gasteiger partial charge in [-0.1, -0.05) is 77.4 Å². The molecule has 0 heterocycles. The number of nitrogens with one attached hydrogen (secondary N) is 2. The summed E-state index contributed by atoms with van der Waals surface area (Å²) >= 11 is 0. The summed E-state index contributed by atoms with van der Waals surface area (Å²) < 4.78 is 0. The molecule has 5 nitrogen and oxygen atoms in total. The molecule has 1 atom stereocenters. The van der Waals surface area contributed by atoms with Crippen molar-refractivity contribution in [1.82, 2.24) is 5.32 Å². The first-order chi connectivity index (χ1) is 12.0. The van der Waals surface area contributed by atoms with Crippen LogP contribution < -0.4 is 11.1 Å². The zero-order valence-electron chi connectivity index (χ0n) is 18.3. The van der Waals surface area contributed by atoms with Crippen molar-refractivity contribution in [1.29, 1.82) is 0 Å². The van der Waals surface area contributed by atoms with Crippen LogP contribution in [0.25, 0.3) is 5.73 Å². The summed E-state index contributed by atoms with van der Waals surface area (Å²) in [5.74, 6) is -0.515. The first-order valence-electron chi connectivity index (χ1n) is 9.23. The summed E-state index contributed by atoms with van der Waals surface area (Å²) in [7, 11) is 0. The molecule has 0 spiro atoms. The third-order valence-corrected chi connectivity index (χ3v) is 2.67. The molecule has 4 N–H and O–H groups in total. The van der Waals surface area contributed by atoms with Crippen molar-refractivity contribution < 1.29 is 30.7 Å². The smallest absolute Gasteiger partial charge is 0.667 e. The maximum absolute atomic E-state index is 11.4. The van der Waals surface area contributed by atoms with Crippen LogP contribution in [0, 0.1) is 7.43 Å². The van der Waals surface area contributed by atoms with Crippen LogP contribution in [0.3, 0.4) is 0 Å². The first kappa shape index (κ1) is 36.8. The Labute approximate surface area is 182 Å². The van der Waals surface area contributed by atoms with Gasteiger partial charge in [0.25, 0.3) is 0 Å². The van der Waals surface area contributed by atoms with E-state index in [9.17, 15) is 9.59 Å². The molecule has 6 heteroatoms. The number of carbonyl (C=O) groups is 2. The summed E-state index contributed by atoms with van der Waals surface area (Å²) in [6.45, 7) is 12.4. The van der Waals surface area contributed by atoms with Crippen LogP contribution in [-0.2, 0) is 37.1 Å². The third kappa shape index (κ3) is 27.3. The van der Waals surface area contributed by atoms with Crippen LogP contribution in [0.2, 0.25) is 0 Å². The molecule has 0 saturated heterocycles. The van der Waals surface area contributed by atoms with Gasteiger partial charge in [-0.05, 0) is 31.9 Å². The molecule has 0 aliphatic heterocycles. The predicted molar refractivity (Wildman–Crippen MR) is 115 cm³/mol. The molecule has 0 aliphatic rings. The Morgan fingerprint density at radius 1 is 1.11 bits per heavy atom. The Morgan fingerprint density at radius 2 is 1.59 bits per heavy atom. The second kappa shape index (κ2) is 29.7. The van der Waals surface area contributed by atoms with Gasteiger partial charge in [-0.15, -0.1) is 0 Å². The minimum atomic E-state index is -0.859. The molecule has 0 fully saturated rings. The zero-order chi connectivity index (χ0) is 20.1. The summed E-state index contributed by atoms with van der Waals surface area (Å²) in [6.07, 6.45) is 2.75. The maximum Gasteiger partial charge on any atom is 2.00 e. The molecular weight excluding hydrogens is 510 g/mol. The average molecular weight is 551 g/mol. The Balaban J connectivity index is -0.000000126. The second-order valence-corrected chi connectivity index (χ2v) is 4.80. The topological polar surface area (TPSA) is 96.0 Å². The van der Waals surface area contributed by atoms with Gasteiger partial charge >= 0.3 is 21.1 Å². The van der Waals surface area contributed by atoms with E-state index in [0.717, 1.165) is 12.1 Å².